The van der Waals surface area contributed by atoms with Crippen molar-refractivity contribution in [3.05, 3.63) is 22.4 Å². The van der Waals surface area contributed by atoms with E-state index in [-0.39, 0.29) is 5.54 Å². The number of ether oxygens (including phenoxy) is 1. The molecule has 2 saturated heterocycles. The molecular weight excluding hydrogens is 370 g/mol. The standard InChI is InChI=1S/C21H37N5OS/c1-21(2,26-9-11-27-12-10-26)17-24-20(22-3)23-14-18-6-4-8-25(15-18)16-19-7-5-13-28-19/h5,7,13,18H,4,6,8-12,14-17H2,1-3H3,(H2,22,23,24). The average Bonchev–Trinajstić information content (AvgIpc) is 3.22. The molecule has 3 rings (SSSR count). The van der Waals surface area contributed by atoms with E-state index in [0.29, 0.717) is 5.92 Å². The van der Waals surface area contributed by atoms with Crippen molar-refractivity contribution >= 4 is 17.3 Å². The Morgan fingerprint density at radius 2 is 2.11 bits per heavy atom. The average molecular weight is 408 g/mol. The fraction of sp³-hybridized carbons (Fsp3) is 0.762. The van der Waals surface area contributed by atoms with Crippen molar-refractivity contribution in [3.8, 4) is 0 Å². The number of piperidine rings is 1. The molecule has 28 heavy (non-hydrogen) atoms. The van der Waals surface area contributed by atoms with Crippen LogP contribution in [0.25, 0.3) is 0 Å². The van der Waals surface area contributed by atoms with Crippen LogP contribution in [-0.2, 0) is 11.3 Å². The molecule has 0 aliphatic carbocycles. The van der Waals surface area contributed by atoms with Crippen molar-refractivity contribution in [1.29, 1.82) is 0 Å². The molecule has 1 aromatic rings. The number of likely N-dealkylation sites (tertiary alicyclic amines) is 1. The molecule has 1 atom stereocenters. The first-order valence-electron chi connectivity index (χ1n) is 10.6. The number of thiophene rings is 1. The Morgan fingerprint density at radius 3 is 2.82 bits per heavy atom. The lowest BCUT2D eigenvalue weighted by Crippen LogP contribution is -2.56. The number of nitrogens with one attached hydrogen (secondary N) is 2. The minimum Gasteiger partial charge on any atom is -0.379 e. The largest absolute Gasteiger partial charge is 0.379 e. The predicted molar refractivity (Wildman–Crippen MR) is 118 cm³/mol. The lowest BCUT2D eigenvalue weighted by Gasteiger charge is -2.41. The van der Waals surface area contributed by atoms with Crippen LogP contribution in [0.2, 0.25) is 0 Å². The summed E-state index contributed by atoms with van der Waals surface area (Å²) in [6.45, 7) is 13.6. The van der Waals surface area contributed by atoms with Gasteiger partial charge in [0.05, 0.1) is 13.2 Å². The third-order valence-electron chi connectivity index (χ3n) is 5.90. The van der Waals surface area contributed by atoms with Crippen LogP contribution in [0.1, 0.15) is 31.6 Å². The predicted octanol–water partition coefficient (Wildman–Crippen LogP) is 2.24. The van der Waals surface area contributed by atoms with Crippen LogP contribution in [0, 0.1) is 5.92 Å². The van der Waals surface area contributed by atoms with Gasteiger partial charge >= 0.3 is 0 Å². The van der Waals surface area contributed by atoms with E-state index in [9.17, 15) is 0 Å². The van der Waals surface area contributed by atoms with Crippen molar-refractivity contribution in [2.75, 3.05) is 59.5 Å². The van der Waals surface area contributed by atoms with Crippen molar-refractivity contribution in [3.63, 3.8) is 0 Å². The second kappa shape index (κ2) is 10.6. The van der Waals surface area contributed by atoms with Gasteiger partial charge in [0, 0.05) is 56.7 Å². The monoisotopic (exact) mass is 407 g/mol. The molecule has 2 aliphatic rings. The highest BCUT2D eigenvalue weighted by molar-refractivity contribution is 7.09. The van der Waals surface area contributed by atoms with E-state index in [2.05, 4.69) is 56.8 Å². The molecule has 158 valence electrons. The number of nitrogens with zero attached hydrogens (tertiary/aromatic N) is 3. The second-order valence-electron chi connectivity index (χ2n) is 8.54. The Balaban J connectivity index is 1.40. The molecule has 0 spiro atoms. The van der Waals surface area contributed by atoms with E-state index in [4.69, 9.17) is 4.74 Å². The summed E-state index contributed by atoms with van der Waals surface area (Å²) >= 11 is 1.86. The molecule has 2 aliphatic heterocycles. The van der Waals surface area contributed by atoms with Gasteiger partial charge in [0.25, 0.3) is 0 Å². The van der Waals surface area contributed by atoms with Crippen LogP contribution >= 0.6 is 11.3 Å². The quantitative estimate of drug-likeness (QED) is 0.536. The first kappa shape index (κ1) is 21.6. The lowest BCUT2D eigenvalue weighted by atomic mass is 9.98. The molecule has 7 heteroatoms. The maximum Gasteiger partial charge on any atom is 0.191 e. The van der Waals surface area contributed by atoms with Gasteiger partial charge in [-0.05, 0) is 50.6 Å². The zero-order valence-electron chi connectivity index (χ0n) is 17.7. The number of hydrogen-bond donors (Lipinski definition) is 2. The molecule has 6 nitrogen and oxygen atoms in total. The SMILES string of the molecule is CN=C(NCC1CCCN(Cc2cccs2)C1)NCC(C)(C)N1CCOCC1. The fourth-order valence-electron chi connectivity index (χ4n) is 4.13. The van der Waals surface area contributed by atoms with Crippen LogP contribution in [0.15, 0.2) is 22.5 Å². The number of hydrogen-bond acceptors (Lipinski definition) is 5. The van der Waals surface area contributed by atoms with Crippen molar-refractivity contribution in [2.24, 2.45) is 10.9 Å². The molecule has 2 fully saturated rings. The zero-order chi connectivity index (χ0) is 19.8. The van der Waals surface area contributed by atoms with Gasteiger partial charge in [-0.25, -0.2) is 0 Å². The number of aliphatic imine (C=N–C) groups is 1. The Hall–Kier alpha value is -1.15. The lowest BCUT2D eigenvalue weighted by molar-refractivity contribution is -0.00834. The Labute approximate surface area is 174 Å². The summed E-state index contributed by atoms with van der Waals surface area (Å²) in [7, 11) is 1.86. The molecular formula is C21H37N5OS. The van der Waals surface area contributed by atoms with Gasteiger partial charge in [0.2, 0.25) is 0 Å². The van der Waals surface area contributed by atoms with Gasteiger partial charge in [-0.1, -0.05) is 6.07 Å². The van der Waals surface area contributed by atoms with Gasteiger partial charge in [0.1, 0.15) is 0 Å². The normalized spacial score (nSPS) is 23.0. The third kappa shape index (κ3) is 6.44. The van der Waals surface area contributed by atoms with Crippen LogP contribution < -0.4 is 10.6 Å². The molecule has 0 amide bonds. The highest BCUT2D eigenvalue weighted by atomic mass is 32.1. The molecule has 0 bridgehead atoms. The number of morpholine rings is 1. The topological polar surface area (TPSA) is 52.1 Å². The van der Waals surface area contributed by atoms with Gasteiger partial charge in [-0.15, -0.1) is 11.3 Å². The summed E-state index contributed by atoms with van der Waals surface area (Å²) in [5.41, 5.74) is 0.0870. The summed E-state index contributed by atoms with van der Waals surface area (Å²) in [5, 5.41) is 9.28. The minimum absolute atomic E-state index is 0.0870. The summed E-state index contributed by atoms with van der Waals surface area (Å²) in [4.78, 5) is 11.0. The first-order chi connectivity index (χ1) is 13.6. The maximum atomic E-state index is 5.49. The van der Waals surface area contributed by atoms with E-state index in [0.717, 1.165) is 51.9 Å². The minimum atomic E-state index is 0.0870. The Bertz CT molecular complexity index is 598. The zero-order valence-corrected chi connectivity index (χ0v) is 18.6. The third-order valence-corrected chi connectivity index (χ3v) is 6.76. The van der Waals surface area contributed by atoms with E-state index < -0.39 is 0 Å². The molecule has 0 saturated carbocycles. The van der Waals surface area contributed by atoms with E-state index in [1.54, 1.807) is 0 Å². The highest BCUT2D eigenvalue weighted by Crippen LogP contribution is 2.20. The van der Waals surface area contributed by atoms with Crippen LogP contribution in [0.4, 0.5) is 0 Å². The smallest absolute Gasteiger partial charge is 0.191 e. The fourth-order valence-corrected chi connectivity index (χ4v) is 4.87. The second-order valence-corrected chi connectivity index (χ2v) is 9.57. The summed E-state index contributed by atoms with van der Waals surface area (Å²) in [6.07, 6.45) is 2.58. The van der Waals surface area contributed by atoms with Gasteiger partial charge in [-0.3, -0.25) is 14.8 Å². The Kier molecular flexibility index (Phi) is 8.14. The van der Waals surface area contributed by atoms with Gasteiger partial charge in [-0.2, -0.15) is 0 Å². The highest BCUT2D eigenvalue weighted by Gasteiger charge is 2.28. The number of guanidine groups is 1. The molecule has 0 aromatic carbocycles. The maximum absolute atomic E-state index is 5.49. The summed E-state index contributed by atoms with van der Waals surface area (Å²) in [6, 6.07) is 4.39. The molecule has 2 N–H and O–H groups in total. The molecule has 0 radical (unpaired) electrons. The van der Waals surface area contributed by atoms with Crippen molar-refractivity contribution < 1.29 is 4.74 Å². The molecule has 1 unspecified atom stereocenters. The van der Waals surface area contributed by atoms with Crippen LogP contribution in [-0.4, -0.2) is 80.8 Å². The summed E-state index contributed by atoms with van der Waals surface area (Å²) < 4.78 is 5.49. The Morgan fingerprint density at radius 1 is 1.29 bits per heavy atom. The molecule has 3 heterocycles. The van der Waals surface area contributed by atoms with Crippen molar-refractivity contribution in [1.82, 2.24) is 20.4 Å². The van der Waals surface area contributed by atoms with Gasteiger partial charge < -0.3 is 15.4 Å². The van der Waals surface area contributed by atoms with E-state index in [1.165, 1.54) is 30.8 Å². The summed E-state index contributed by atoms with van der Waals surface area (Å²) in [5.74, 6) is 1.59. The van der Waals surface area contributed by atoms with E-state index in [1.807, 2.05) is 18.4 Å². The van der Waals surface area contributed by atoms with Crippen LogP contribution in [0.3, 0.4) is 0 Å². The van der Waals surface area contributed by atoms with Crippen molar-refractivity contribution in [2.45, 2.75) is 38.8 Å². The van der Waals surface area contributed by atoms with Gasteiger partial charge in [0.15, 0.2) is 5.96 Å². The molecule has 1 aromatic heterocycles. The number of rotatable bonds is 7. The van der Waals surface area contributed by atoms with E-state index >= 15 is 0 Å². The first-order valence-corrected chi connectivity index (χ1v) is 11.5. The van der Waals surface area contributed by atoms with Crippen LogP contribution in [0.5, 0.6) is 0 Å².